The number of hydrogen-bond acceptors (Lipinski definition) is 2. The monoisotopic (exact) mass is 189 g/mol. The van der Waals surface area contributed by atoms with E-state index in [4.69, 9.17) is 5.02 Å². The molecule has 0 atom stereocenters. The molecule has 0 fully saturated rings. The first-order valence-corrected chi connectivity index (χ1v) is 5.16. The molecule has 1 aliphatic rings. The molecule has 0 aliphatic carbocycles. The van der Waals surface area contributed by atoms with Crippen molar-refractivity contribution < 1.29 is 5.02 Å². The zero-order chi connectivity index (χ0) is 10.1. The highest BCUT2D eigenvalue weighted by atomic mass is 16.2. The molecular weight excluding hydrogens is 173 g/mol. The second-order valence-corrected chi connectivity index (χ2v) is 4.26. The molecule has 1 N–H and O–H groups in total. The van der Waals surface area contributed by atoms with Crippen molar-refractivity contribution in [3.8, 4) is 0 Å². The molecule has 0 aromatic heterocycles. The van der Waals surface area contributed by atoms with E-state index in [9.17, 15) is 0 Å². The highest BCUT2D eigenvalue weighted by Gasteiger charge is 2.20. The summed E-state index contributed by atoms with van der Waals surface area (Å²) in [6.07, 6.45) is 0. The summed E-state index contributed by atoms with van der Waals surface area (Å²) in [5, 5.41) is 9.03. The molecule has 1 aromatic rings. The van der Waals surface area contributed by atoms with Crippen molar-refractivity contribution in [2.75, 3.05) is 0 Å². The van der Waals surface area contributed by atoms with Crippen molar-refractivity contribution in [2.45, 2.75) is 33.0 Å². The van der Waals surface area contributed by atoms with Crippen molar-refractivity contribution in [2.24, 2.45) is 0 Å². The third-order valence-electron chi connectivity index (χ3n) is 2.93. The molecule has 1 heterocycles. The largest absolute Gasteiger partial charge is 0.449 e. The Morgan fingerprint density at radius 1 is 1.29 bits per heavy atom. The van der Waals surface area contributed by atoms with Crippen LogP contribution in [0.2, 0.25) is 0 Å². The van der Waals surface area contributed by atoms with Crippen LogP contribution < -0.4 is 5.46 Å². The van der Waals surface area contributed by atoms with Gasteiger partial charge in [0.15, 0.2) is 0 Å². The molecule has 0 bridgehead atoms. The molecule has 0 saturated heterocycles. The topological polar surface area (TPSA) is 23.5 Å². The SMILES string of the molecule is CC(C)N1Cc2ccc(BO)cc2C1. The van der Waals surface area contributed by atoms with Gasteiger partial charge in [0.2, 0.25) is 0 Å². The van der Waals surface area contributed by atoms with Crippen molar-refractivity contribution in [3.05, 3.63) is 29.3 Å². The van der Waals surface area contributed by atoms with Crippen molar-refractivity contribution in [1.82, 2.24) is 4.90 Å². The Labute approximate surface area is 85.8 Å². The van der Waals surface area contributed by atoms with E-state index in [-0.39, 0.29) is 7.48 Å². The van der Waals surface area contributed by atoms with Gasteiger partial charge in [0, 0.05) is 19.1 Å². The summed E-state index contributed by atoms with van der Waals surface area (Å²) in [6.45, 7) is 6.53. The van der Waals surface area contributed by atoms with E-state index in [0.29, 0.717) is 6.04 Å². The third-order valence-corrected chi connectivity index (χ3v) is 2.93. The molecule has 2 nitrogen and oxygen atoms in total. The van der Waals surface area contributed by atoms with E-state index >= 15 is 0 Å². The predicted molar refractivity (Wildman–Crippen MR) is 59.8 cm³/mol. The van der Waals surface area contributed by atoms with E-state index in [0.717, 1.165) is 18.6 Å². The van der Waals surface area contributed by atoms with Crippen LogP contribution in [0, 0.1) is 0 Å². The van der Waals surface area contributed by atoms with Crippen LogP contribution in [0.5, 0.6) is 0 Å². The minimum Gasteiger partial charge on any atom is -0.449 e. The van der Waals surface area contributed by atoms with Crippen LogP contribution in [0.25, 0.3) is 0 Å². The Morgan fingerprint density at radius 3 is 2.64 bits per heavy atom. The fraction of sp³-hybridized carbons (Fsp3) is 0.455. The van der Waals surface area contributed by atoms with E-state index in [1.54, 1.807) is 0 Å². The van der Waals surface area contributed by atoms with Gasteiger partial charge in [0.1, 0.15) is 0 Å². The second kappa shape index (κ2) is 3.75. The average molecular weight is 189 g/mol. The molecule has 0 spiro atoms. The summed E-state index contributed by atoms with van der Waals surface area (Å²) in [4.78, 5) is 2.44. The van der Waals surface area contributed by atoms with E-state index in [2.05, 4.69) is 30.9 Å². The Bertz CT molecular complexity index is 338. The zero-order valence-electron chi connectivity index (χ0n) is 8.83. The highest BCUT2D eigenvalue weighted by Crippen LogP contribution is 2.23. The summed E-state index contributed by atoms with van der Waals surface area (Å²) in [7, 11) is 0.148. The Morgan fingerprint density at radius 2 is 2.00 bits per heavy atom. The standard InChI is InChI=1S/C11H16BNO/c1-8(2)13-6-9-3-4-11(12-14)5-10(9)7-13/h3-5,8,12,14H,6-7H2,1-2H3. The molecular formula is C11H16BNO. The van der Waals surface area contributed by atoms with Crippen molar-refractivity contribution >= 4 is 12.9 Å². The van der Waals surface area contributed by atoms with Gasteiger partial charge in [-0.1, -0.05) is 23.7 Å². The lowest BCUT2D eigenvalue weighted by molar-refractivity contribution is 0.227. The van der Waals surface area contributed by atoms with Crippen molar-refractivity contribution in [3.63, 3.8) is 0 Å². The maximum absolute atomic E-state index is 9.03. The molecule has 0 unspecified atom stereocenters. The number of nitrogens with zero attached hydrogens (tertiary/aromatic N) is 1. The van der Waals surface area contributed by atoms with Crippen molar-refractivity contribution in [1.29, 1.82) is 0 Å². The smallest absolute Gasteiger partial charge is 0.304 e. The van der Waals surface area contributed by atoms with Gasteiger partial charge in [-0.15, -0.1) is 0 Å². The molecule has 0 radical (unpaired) electrons. The maximum Gasteiger partial charge on any atom is 0.304 e. The fourth-order valence-electron chi connectivity index (χ4n) is 1.94. The maximum atomic E-state index is 9.03. The lowest BCUT2D eigenvalue weighted by atomic mass is 9.87. The molecule has 0 saturated carbocycles. The summed E-state index contributed by atoms with van der Waals surface area (Å²) in [5.74, 6) is 0. The van der Waals surface area contributed by atoms with Crippen LogP contribution in [0.3, 0.4) is 0 Å². The first kappa shape index (κ1) is 9.75. The van der Waals surface area contributed by atoms with Crippen LogP contribution in [0.15, 0.2) is 18.2 Å². The van der Waals surface area contributed by atoms with Crippen LogP contribution in [-0.4, -0.2) is 23.4 Å². The van der Waals surface area contributed by atoms with Gasteiger partial charge in [0.25, 0.3) is 0 Å². The van der Waals surface area contributed by atoms with Crippen LogP contribution in [0.1, 0.15) is 25.0 Å². The molecule has 1 aromatic carbocycles. The van der Waals surface area contributed by atoms with Gasteiger partial charge in [-0.3, -0.25) is 4.90 Å². The molecule has 0 amide bonds. The summed E-state index contributed by atoms with van der Waals surface area (Å²) < 4.78 is 0. The quantitative estimate of drug-likeness (QED) is 0.680. The molecule has 74 valence electrons. The molecule has 3 heteroatoms. The summed E-state index contributed by atoms with van der Waals surface area (Å²) in [5.41, 5.74) is 3.82. The number of rotatable bonds is 2. The third kappa shape index (κ3) is 1.70. The Hall–Kier alpha value is -0.795. The first-order chi connectivity index (χ1) is 6.70. The minimum absolute atomic E-state index is 0.148. The van der Waals surface area contributed by atoms with Crippen LogP contribution in [0.4, 0.5) is 0 Å². The van der Waals surface area contributed by atoms with Gasteiger partial charge in [0.05, 0.1) is 0 Å². The number of fused-ring (bicyclic) bond motifs is 1. The first-order valence-electron chi connectivity index (χ1n) is 5.16. The minimum atomic E-state index is 0.148. The van der Waals surface area contributed by atoms with Gasteiger partial charge in [-0.25, -0.2) is 0 Å². The predicted octanol–water partition coefficient (Wildman–Crippen LogP) is 0.380. The van der Waals surface area contributed by atoms with Gasteiger partial charge < -0.3 is 5.02 Å². The lowest BCUT2D eigenvalue weighted by Crippen LogP contribution is -2.24. The van der Waals surface area contributed by atoms with Gasteiger partial charge in [-0.2, -0.15) is 0 Å². The number of hydrogen-bond donors (Lipinski definition) is 1. The lowest BCUT2D eigenvalue weighted by Gasteiger charge is -2.18. The van der Waals surface area contributed by atoms with Crippen LogP contribution in [-0.2, 0) is 13.1 Å². The summed E-state index contributed by atoms with van der Waals surface area (Å²) in [6, 6.07) is 6.88. The van der Waals surface area contributed by atoms with E-state index < -0.39 is 0 Å². The molecule has 2 rings (SSSR count). The normalized spacial score (nSPS) is 16.0. The average Bonchev–Trinajstić information content (AvgIpc) is 2.59. The Balaban J connectivity index is 2.22. The Kier molecular flexibility index (Phi) is 2.61. The highest BCUT2D eigenvalue weighted by molar-refractivity contribution is 6.45. The van der Waals surface area contributed by atoms with Gasteiger partial charge >= 0.3 is 7.48 Å². The molecule has 14 heavy (non-hydrogen) atoms. The van der Waals surface area contributed by atoms with Gasteiger partial charge in [-0.05, 0) is 25.0 Å². The fourth-order valence-corrected chi connectivity index (χ4v) is 1.94. The summed E-state index contributed by atoms with van der Waals surface area (Å²) >= 11 is 0. The second-order valence-electron chi connectivity index (χ2n) is 4.26. The van der Waals surface area contributed by atoms with E-state index in [1.165, 1.54) is 11.1 Å². The molecule has 1 aliphatic heterocycles. The van der Waals surface area contributed by atoms with E-state index in [1.807, 2.05) is 6.07 Å². The number of benzene rings is 1. The van der Waals surface area contributed by atoms with Crippen LogP contribution >= 0.6 is 0 Å². The zero-order valence-corrected chi connectivity index (χ0v) is 8.83.